The molecule has 7 heteroatoms. The molecular formula is C15H25N3O3S. The molecule has 0 aromatic heterocycles. The Morgan fingerprint density at radius 2 is 1.86 bits per heavy atom. The molecule has 6 nitrogen and oxygen atoms in total. The number of para-hydroxylation sites is 1. The van der Waals surface area contributed by atoms with E-state index in [0.717, 1.165) is 16.1 Å². The minimum absolute atomic E-state index is 0.205. The van der Waals surface area contributed by atoms with Crippen molar-refractivity contribution in [3.63, 3.8) is 0 Å². The monoisotopic (exact) mass is 327 g/mol. The highest BCUT2D eigenvalue weighted by molar-refractivity contribution is 7.92. The van der Waals surface area contributed by atoms with E-state index in [-0.39, 0.29) is 12.5 Å². The van der Waals surface area contributed by atoms with Gasteiger partial charge < -0.3 is 10.2 Å². The summed E-state index contributed by atoms with van der Waals surface area (Å²) in [7, 11) is 0.293. The van der Waals surface area contributed by atoms with Gasteiger partial charge in [0.25, 0.3) is 0 Å². The van der Waals surface area contributed by atoms with E-state index in [1.54, 1.807) is 12.1 Å². The molecule has 0 heterocycles. The van der Waals surface area contributed by atoms with E-state index in [4.69, 9.17) is 0 Å². The molecule has 0 aliphatic rings. The van der Waals surface area contributed by atoms with Crippen LogP contribution in [-0.2, 0) is 21.2 Å². The van der Waals surface area contributed by atoms with Gasteiger partial charge in [-0.3, -0.25) is 9.10 Å². The quantitative estimate of drug-likeness (QED) is 0.763. The topological polar surface area (TPSA) is 69.7 Å². The summed E-state index contributed by atoms with van der Waals surface area (Å²) < 4.78 is 25.3. The number of rotatable bonds is 8. The fraction of sp³-hybridized carbons (Fsp3) is 0.533. The largest absolute Gasteiger partial charge is 0.353 e. The van der Waals surface area contributed by atoms with Crippen LogP contribution in [0.5, 0.6) is 0 Å². The molecule has 1 rings (SSSR count). The van der Waals surface area contributed by atoms with Gasteiger partial charge in [0.2, 0.25) is 15.9 Å². The summed E-state index contributed by atoms with van der Waals surface area (Å²) in [6, 6.07) is 7.24. The Balaban J connectivity index is 2.89. The van der Waals surface area contributed by atoms with E-state index < -0.39 is 10.0 Å². The molecule has 0 saturated carbocycles. The molecule has 0 fully saturated rings. The maximum absolute atomic E-state index is 12.1. The smallest absolute Gasteiger partial charge is 0.240 e. The van der Waals surface area contributed by atoms with Crippen molar-refractivity contribution in [2.75, 3.05) is 44.3 Å². The van der Waals surface area contributed by atoms with Crippen molar-refractivity contribution in [1.29, 1.82) is 0 Å². The fourth-order valence-electron chi connectivity index (χ4n) is 2.04. The Hall–Kier alpha value is -1.60. The standard InChI is InChI=1S/C15H25N3O3S/c1-5-13-8-6-7-9-14(13)18(22(4,20)21)12-15(19)16-10-11-17(2)3/h6-9H,5,10-12H2,1-4H3,(H,16,19). The maximum Gasteiger partial charge on any atom is 0.240 e. The molecule has 124 valence electrons. The molecule has 1 aromatic carbocycles. The molecule has 0 bridgehead atoms. The summed E-state index contributed by atoms with van der Waals surface area (Å²) >= 11 is 0. The first-order valence-corrected chi connectivity index (χ1v) is 9.07. The van der Waals surface area contributed by atoms with Crippen LogP contribution in [0.25, 0.3) is 0 Å². The molecule has 0 aliphatic carbocycles. The van der Waals surface area contributed by atoms with E-state index in [2.05, 4.69) is 5.32 Å². The number of anilines is 1. The van der Waals surface area contributed by atoms with Gasteiger partial charge in [0.1, 0.15) is 6.54 Å². The van der Waals surface area contributed by atoms with Crippen LogP contribution in [0.15, 0.2) is 24.3 Å². The molecule has 0 saturated heterocycles. The van der Waals surface area contributed by atoms with Crippen molar-refractivity contribution >= 4 is 21.6 Å². The molecule has 1 N–H and O–H groups in total. The number of hydrogen-bond acceptors (Lipinski definition) is 4. The molecule has 1 amide bonds. The number of hydrogen-bond donors (Lipinski definition) is 1. The van der Waals surface area contributed by atoms with Crippen LogP contribution in [0.4, 0.5) is 5.69 Å². The normalized spacial score (nSPS) is 11.5. The minimum atomic E-state index is -3.52. The van der Waals surface area contributed by atoms with Crippen LogP contribution in [0.2, 0.25) is 0 Å². The second-order valence-electron chi connectivity index (χ2n) is 5.41. The zero-order valence-corrected chi connectivity index (χ0v) is 14.5. The summed E-state index contributed by atoms with van der Waals surface area (Å²) in [6.07, 6.45) is 1.82. The zero-order valence-electron chi connectivity index (χ0n) is 13.7. The van der Waals surface area contributed by atoms with Gasteiger partial charge in [0, 0.05) is 13.1 Å². The molecule has 0 spiro atoms. The molecule has 0 atom stereocenters. The van der Waals surface area contributed by atoms with Gasteiger partial charge in [-0.25, -0.2) is 8.42 Å². The number of likely N-dealkylation sites (N-methyl/N-ethyl adjacent to an activating group) is 1. The first kappa shape index (κ1) is 18.4. The predicted molar refractivity (Wildman–Crippen MR) is 89.6 cm³/mol. The Kier molecular flexibility index (Phi) is 6.83. The van der Waals surface area contributed by atoms with Crippen molar-refractivity contribution < 1.29 is 13.2 Å². The second kappa shape index (κ2) is 8.14. The Morgan fingerprint density at radius 1 is 1.23 bits per heavy atom. The lowest BCUT2D eigenvalue weighted by Gasteiger charge is -2.24. The summed E-state index contributed by atoms with van der Waals surface area (Å²) in [5.74, 6) is -0.307. The zero-order chi connectivity index (χ0) is 16.8. The highest BCUT2D eigenvalue weighted by Crippen LogP contribution is 2.23. The number of carbonyl (C=O) groups excluding carboxylic acids is 1. The second-order valence-corrected chi connectivity index (χ2v) is 7.31. The molecular weight excluding hydrogens is 302 g/mol. The molecule has 1 aromatic rings. The third-order valence-corrected chi connectivity index (χ3v) is 4.34. The molecule has 0 unspecified atom stereocenters. The van der Waals surface area contributed by atoms with Gasteiger partial charge in [-0.2, -0.15) is 0 Å². The first-order chi connectivity index (χ1) is 10.3. The van der Waals surface area contributed by atoms with E-state index in [0.29, 0.717) is 25.2 Å². The van der Waals surface area contributed by atoms with Gasteiger partial charge in [0.15, 0.2) is 0 Å². The van der Waals surface area contributed by atoms with Gasteiger partial charge in [-0.15, -0.1) is 0 Å². The van der Waals surface area contributed by atoms with E-state index >= 15 is 0 Å². The lowest BCUT2D eigenvalue weighted by atomic mass is 10.1. The van der Waals surface area contributed by atoms with Crippen LogP contribution in [0.3, 0.4) is 0 Å². The van der Waals surface area contributed by atoms with Crippen LogP contribution in [0, 0.1) is 0 Å². The summed E-state index contributed by atoms with van der Waals surface area (Å²) in [6.45, 7) is 2.94. The van der Waals surface area contributed by atoms with Crippen molar-refractivity contribution in [2.45, 2.75) is 13.3 Å². The number of aryl methyl sites for hydroxylation is 1. The Bertz CT molecular complexity index is 600. The lowest BCUT2D eigenvalue weighted by molar-refractivity contribution is -0.119. The van der Waals surface area contributed by atoms with E-state index in [9.17, 15) is 13.2 Å². The SMILES string of the molecule is CCc1ccccc1N(CC(=O)NCCN(C)C)S(C)(=O)=O. The van der Waals surface area contributed by atoms with Crippen LogP contribution >= 0.6 is 0 Å². The average Bonchev–Trinajstić information content (AvgIpc) is 2.43. The van der Waals surface area contributed by atoms with Gasteiger partial charge in [-0.05, 0) is 32.1 Å². The predicted octanol–water partition coefficient (Wildman–Crippen LogP) is 0.693. The Labute approximate surface area is 133 Å². The molecule has 0 radical (unpaired) electrons. The summed E-state index contributed by atoms with van der Waals surface area (Å²) in [4.78, 5) is 14.0. The van der Waals surface area contributed by atoms with Crippen molar-refractivity contribution in [3.05, 3.63) is 29.8 Å². The summed E-state index contributed by atoms with van der Waals surface area (Å²) in [5, 5.41) is 2.74. The average molecular weight is 327 g/mol. The third kappa shape index (κ3) is 5.65. The van der Waals surface area contributed by atoms with Crippen LogP contribution in [0.1, 0.15) is 12.5 Å². The van der Waals surface area contributed by atoms with Gasteiger partial charge in [0.05, 0.1) is 11.9 Å². The number of nitrogens with one attached hydrogen (secondary N) is 1. The van der Waals surface area contributed by atoms with E-state index in [1.165, 1.54) is 0 Å². The Morgan fingerprint density at radius 3 is 2.41 bits per heavy atom. The van der Waals surface area contributed by atoms with Crippen molar-refractivity contribution in [1.82, 2.24) is 10.2 Å². The van der Waals surface area contributed by atoms with Crippen molar-refractivity contribution in [3.8, 4) is 0 Å². The molecule has 22 heavy (non-hydrogen) atoms. The molecule has 0 aliphatic heterocycles. The summed E-state index contributed by atoms with van der Waals surface area (Å²) in [5.41, 5.74) is 1.46. The first-order valence-electron chi connectivity index (χ1n) is 7.22. The number of carbonyl (C=O) groups is 1. The number of amides is 1. The number of benzene rings is 1. The maximum atomic E-state index is 12.1. The van der Waals surface area contributed by atoms with Crippen molar-refractivity contribution in [2.24, 2.45) is 0 Å². The number of sulfonamides is 1. The number of nitrogens with zero attached hydrogens (tertiary/aromatic N) is 2. The van der Waals surface area contributed by atoms with Crippen LogP contribution < -0.4 is 9.62 Å². The highest BCUT2D eigenvalue weighted by Gasteiger charge is 2.22. The van der Waals surface area contributed by atoms with Gasteiger partial charge >= 0.3 is 0 Å². The van der Waals surface area contributed by atoms with Gasteiger partial charge in [-0.1, -0.05) is 25.1 Å². The fourth-order valence-corrected chi connectivity index (χ4v) is 2.93. The minimum Gasteiger partial charge on any atom is -0.353 e. The third-order valence-electron chi connectivity index (χ3n) is 3.21. The van der Waals surface area contributed by atoms with E-state index in [1.807, 2.05) is 38.1 Å². The lowest BCUT2D eigenvalue weighted by Crippen LogP contribution is -2.42. The highest BCUT2D eigenvalue weighted by atomic mass is 32.2. The van der Waals surface area contributed by atoms with Crippen LogP contribution in [-0.4, -0.2) is 59.2 Å².